The lowest BCUT2D eigenvalue weighted by molar-refractivity contribution is -0.123. The number of hydrogen-bond donors (Lipinski definition) is 5. The summed E-state index contributed by atoms with van der Waals surface area (Å²) >= 11 is 0. The summed E-state index contributed by atoms with van der Waals surface area (Å²) in [6.07, 6.45) is -0.153. The van der Waals surface area contributed by atoms with Crippen LogP contribution in [0.5, 0.6) is 0 Å². The summed E-state index contributed by atoms with van der Waals surface area (Å²) < 4.78 is 63.3. The van der Waals surface area contributed by atoms with E-state index in [-0.39, 0.29) is 42.3 Å². The highest BCUT2D eigenvalue weighted by Gasteiger charge is 2.33. The number of sulfonamides is 1. The highest BCUT2D eigenvalue weighted by atomic mass is 32.2. The van der Waals surface area contributed by atoms with E-state index in [1.807, 2.05) is 13.8 Å². The Morgan fingerprint density at radius 1 is 1.09 bits per heavy atom. The van der Waals surface area contributed by atoms with Gasteiger partial charge in [-0.2, -0.15) is 4.31 Å². The molecule has 0 aliphatic heterocycles. The number of methoxy groups -OCH3 is 1. The number of anilines is 1. The van der Waals surface area contributed by atoms with Gasteiger partial charge in [0.1, 0.15) is 11.9 Å². The van der Waals surface area contributed by atoms with Gasteiger partial charge >= 0.3 is 13.9 Å². The molecular formula is C27H40FN4O9PS. The second kappa shape index (κ2) is 16.7. The average Bonchev–Trinajstić information content (AvgIpc) is 2.93. The maximum atomic E-state index is 14.2. The Labute approximate surface area is 251 Å². The van der Waals surface area contributed by atoms with Gasteiger partial charge in [0.2, 0.25) is 15.9 Å². The molecule has 0 saturated heterocycles. The van der Waals surface area contributed by atoms with Crippen molar-refractivity contribution in [2.45, 2.75) is 56.5 Å². The molecular weight excluding hydrogens is 606 g/mol. The molecule has 16 heteroatoms. The number of nitrogens with one attached hydrogen (secondary N) is 2. The average molecular weight is 647 g/mol. The van der Waals surface area contributed by atoms with E-state index in [1.165, 1.54) is 46.8 Å². The van der Waals surface area contributed by atoms with Crippen LogP contribution in [0.2, 0.25) is 0 Å². The van der Waals surface area contributed by atoms with E-state index in [0.717, 1.165) is 7.11 Å². The van der Waals surface area contributed by atoms with Crippen molar-refractivity contribution in [3.8, 4) is 0 Å². The van der Waals surface area contributed by atoms with E-state index in [0.29, 0.717) is 18.5 Å². The van der Waals surface area contributed by atoms with Crippen LogP contribution >= 0.6 is 7.82 Å². The minimum absolute atomic E-state index is 0.0326. The zero-order chi connectivity index (χ0) is 32.2. The largest absolute Gasteiger partial charge is 0.469 e. The third kappa shape index (κ3) is 12.2. The van der Waals surface area contributed by atoms with Gasteiger partial charge in [0.25, 0.3) is 0 Å². The summed E-state index contributed by atoms with van der Waals surface area (Å²) in [4.78, 5) is 43.2. The predicted octanol–water partition coefficient (Wildman–Crippen LogP) is 2.79. The first kappa shape index (κ1) is 36.1. The molecule has 2 rings (SSSR count). The van der Waals surface area contributed by atoms with Gasteiger partial charge in [-0.15, -0.1) is 0 Å². The third-order valence-electron chi connectivity index (χ3n) is 6.31. The number of amides is 2. The second-order valence-corrected chi connectivity index (χ2v) is 13.4. The second-order valence-electron chi connectivity index (χ2n) is 10.2. The summed E-state index contributed by atoms with van der Waals surface area (Å²) in [6, 6.07) is 9.38. The van der Waals surface area contributed by atoms with Gasteiger partial charge in [-0.3, -0.25) is 9.32 Å². The molecule has 240 valence electrons. The fourth-order valence-electron chi connectivity index (χ4n) is 4.21. The lowest BCUT2D eigenvalue weighted by atomic mass is 10.0. The molecule has 0 aliphatic carbocycles. The Morgan fingerprint density at radius 2 is 1.74 bits per heavy atom. The van der Waals surface area contributed by atoms with Crippen LogP contribution in [0, 0.1) is 11.7 Å². The predicted molar refractivity (Wildman–Crippen MR) is 158 cm³/mol. The number of nitrogen functional groups attached to an aromatic ring is 1. The number of halogens is 1. The molecule has 2 atom stereocenters. The zero-order valence-electron chi connectivity index (χ0n) is 24.3. The topological polar surface area (TPSA) is 198 Å². The number of carbonyl (C=O) groups excluding carboxylic acids is 2. The van der Waals surface area contributed by atoms with Gasteiger partial charge in [-0.25, -0.2) is 22.2 Å². The van der Waals surface area contributed by atoms with Crippen LogP contribution in [0.1, 0.15) is 38.7 Å². The van der Waals surface area contributed by atoms with Gasteiger partial charge < -0.3 is 30.9 Å². The van der Waals surface area contributed by atoms with Crippen molar-refractivity contribution in [2.24, 2.45) is 5.92 Å². The summed E-state index contributed by atoms with van der Waals surface area (Å²) in [5.41, 5.74) is 6.30. The maximum Gasteiger partial charge on any atom is 0.469 e. The monoisotopic (exact) mass is 646 g/mol. The normalized spacial score (nSPS) is 13.5. The Balaban J connectivity index is 2.12. The highest BCUT2D eigenvalue weighted by molar-refractivity contribution is 7.89. The minimum Gasteiger partial charge on any atom is -0.453 e. The van der Waals surface area contributed by atoms with Gasteiger partial charge in [0.15, 0.2) is 0 Å². The number of phosphoric acid groups is 1. The summed E-state index contributed by atoms with van der Waals surface area (Å²) in [5, 5.41) is 5.06. The van der Waals surface area contributed by atoms with Crippen molar-refractivity contribution >= 4 is 35.5 Å². The van der Waals surface area contributed by atoms with Crippen LogP contribution in [0.3, 0.4) is 0 Å². The zero-order valence-corrected chi connectivity index (χ0v) is 26.0. The maximum absolute atomic E-state index is 14.2. The minimum atomic E-state index is -4.91. The Kier molecular flexibility index (Phi) is 14.0. The Hall–Kier alpha value is -3.07. The Morgan fingerprint density at radius 3 is 2.33 bits per heavy atom. The number of rotatable bonds is 17. The number of hydrogen-bond acceptors (Lipinski definition) is 8. The molecule has 6 N–H and O–H groups in total. The number of carbonyl (C=O) groups is 2. The van der Waals surface area contributed by atoms with Crippen LogP contribution in [-0.2, 0) is 35.1 Å². The quantitative estimate of drug-likeness (QED) is 0.0968. The molecule has 0 unspecified atom stereocenters. The van der Waals surface area contributed by atoms with E-state index in [4.69, 9.17) is 10.3 Å². The van der Waals surface area contributed by atoms with Crippen molar-refractivity contribution < 1.29 is 46.0 Å². The van der Waals surface area contributed by atoms with Gasteiger partial charge in [0, 0.05) is 31.2 Å². The molecule has 0 aliphatic rings. The molecule has 0 heterocycles. The SMILES string of the molecule is COC(=O)N[C@@H](Cc1ccccc1F)C(=O)NCCCC[C@@H](COP(=O)(O)O)N(CC(C)C)S(=O)(=O)c1ccc(N)cc1. The summed E-state index contributed by atoms with van der Waals surface area (Å²) in [6.45, 7) is 3.22. The van der Waals surface area contributed by atoms with Gasteiger partial charge in [-0.1, -0.05) is 38.5 Å². The molecule has 0 spiro atoms. The molecule has 0 saturated carbocycles. The first-order valence-corrected chi connectivity index (χ1v) is 16.5. The number of unbranched alkanes of at least 4 members (excludes halogenated alkanes) is 1. The number of ether oxygens (including phenoxy) is 1. The fraction of sp³-hybridized carbons (Fsp3) is 0.481. The van der Waals surface area contributed by atoms with E-state index in [2.05, 4.69) is 15.4 Å². The van der Waals surface area contributed by atoms with Crippen LogP contribution in [0.15, 0.2) is 53.4 Å². The molecule has 0 aromatic heterocycles. The van der Waals surface area contributed by atoms with Crippen molar-refractivity contribution in [2.75, 3.05) is 32.5 Å². The van der Waals surface area contributed by atoms with Gasteiger partial charge in [-0.05, 0) is 54.7 Å². The van der Waals surface area contributed by atoms with Crippen molar-refractivity contribution in [1.82, 2.24) is 14.9 Å². The lowest BCUT2D eigenvalue weighted by Gasteiger charge is -2.32. The molecule has 0 bridgehead atoms. The standard InChI is InChI=1S/C27H40FN4O9PS/c1-19(2)17-32(43(38,39)23-13-11-21(29)12-14-23)22(18-41-42(35,36)37)9-6-7-15-30-26(33)25(31-27(34)40-3)16-20-8-4-5-10-24(20)28/h4-5,8,10-14,19,22,25H,6-7,9,15-18,29H2,1-3H3,(H,30,33)(H,31,34)(H2,35,36,37)/t22-,25-/m0/s1. The van der Waals surface area contributed by atoms with Crippen LogP contribution in [-0.4, -0.2) is 73.4 Å². The molecule has 0 radical (unpaired) electrons. The number of phosphoric ester groups is 1. The summed E-state index contributed by atoms with van der Waals surface area (Å²) in [7, 11) is -7.87. The number of nitrogens with zero attached hydrogens (tertiary/aromatic N) is 1. The van der Waals surface area contributed by atoms with E-state index in [9.17, 15) is 36.7 Å². The molecule has 2 aromatic carbocycles. The van der Waals surface area contributed by atoms with Gasteiger partial charge in [0.05, 0.1) is 18.6 Å². The molecule has 0 fully saturated rings. The number of alkyl carbamates (subject to hydrolysis) is 1. The molecule has 13 nitrogen and oxygen atoms in total. The molecule has 2 aromatic rings. The van der Waals surface area contributed by atoms with E-state index < -0.39 is 54.4 Å². The number of benzene rings is 2. The van der Waals surface area contributed by atoms with E-state index in [1.54, 1.807) is 6.07 Å². The first-order chi connectivity index (χ1) is 20.1. The number of nitrogens with two attached hydrogens (primary N) is 1. The van der Waals surface area contributed by atoms with Crippen LogP contribution < -0.4 is 16.4 Å². The fourth-order valence-corrected chi connectivity index (χ4v) is 6.38. The smallest absolute Gasteiger partial charge is 0.453 e. The van der Waals surface area contributed by atoms with E-state index >= 15 is 0 Å². The third-order valence-corrected chi connectivity index (χ3v) is 8.73. The van der Waals surface area contributed by atoms with Crippen LogP contribution in [0.4, 0.5) is 14.9 Å². The first-order valence-electron chi connectivity index (χ1n) is 13.6. The van der Waals surface area contributed by atoms with Crippen molar-refractivity contribution in [3.05, 3.63) is 59.9 Å². The van der Waals surface area contributed by atoms with Crippen molar-refractivity contribution in [1.29, 1.82) is 0 Å². The Bertz CT molecular complexity index is 1360. The molecule has 43 heavy (non-hydrogen) atoms. The molecule has 2 amide bonds. The van der Waals surface area contributed by atoms with Crippen LogP contribution in [0.25, 0.3) is 0 Å². The highest BCUT2D eigenvalue weighted by Crippen LogP contribution is 2.37. The van der Waals surface area contributed by atoms with Crippen molar-refractivity contribution in [3.63, 3.8) is 0 Å². The lowest BCUT2D eigenvalue weighted by Crippen LogP contribution is -2.48. The summed E-state index contributed by atoms with van der Waals surface area (Å²) in [5.74, 6) is -1.24.